The number of nitrogens with zero attached hydrogens (tertiary/aromatic N) is 1. The lowest BCUT2D eigenvalue weighted by Crippen LogP contribution is -2.46. The van der Waals surface area contributed by atoms with Crippen LogP contribution >= 0.6 is 0 Å². The maximum atomic E-state index is 12.7. The molecule has 0 fully saturated rings. The van der Waals surface area contributed by atoms with Crippen molar-refractivity contribution < 1.29 is 37.1 Å². The monoisotopic (exact) mass is 376 g/mol. The average molecular weight is 376 g/mol. The van der Waals surface area contributed by atoms with Crippen LogP contribution in [-0.2, 0) is 24.3 Å². The molecule has 0 aliphatic carbocycles. The van der Waals surface area contributed by atoms with Crippen LogP contribution in [0.25, 0.3) is 0 Å². The molecule has 1 rings (SSSR count). The number of carbonyl (C=O) groups excluding carboxylic acids is 2. The van der Waals surface area contributed by atoms with Gasteiger partial charge in [0, 0.05) is 26.1 Å². The van der Waals surface area contributed by atoms with Crippen LogP contribution in [0.15, 0.2) is 15.6 Å². The third kappa shape index (κ3) is 4.79. The minimum Gasteiger partial charge on any atom is -0.480 e. The molecule has 0 aromatic carbocycles. The molecule has 0 spiro atoms. The summed E-state index contributed by atoms with van der Waals surface area (Å²) < 4.78 is 35.8. The molecule has 25 heavy (non-hydrogen) atoms. The van der Waals surface area contributed by atoms with Gasteiger partial charge in [-0.15, -0.1) is 0 Å². The Balaban J connectivity index is 3.24. The topological polar surface area (TPSA) is 143 Å². The van der Waals surface area contributed by atoms with E-state index < -0.39 is 33.1 Å². The third-order valence-corrected chi connectivity index (χ3v) is 5.18. The van der Waals surface area contributed by atoms with E-state index in [4.69, 9.17) is 9.52 Å². The number of nitrogens with one attached hydrogen (secondary N) is 1. The van der Waals surface area contributed by atoms with Crippen molar-refractivity contribution in [1.82, 2.24) is 9.62 Å². The lowest BCUT2D eigenvalue weighted by atomic mass is 10.3. The number of aliphatic carboxylic acids is 1. The number of rotatable bonds is 8. The first kappa shape index (κ1) is 20.6. The van der Waals surface area contributed by atoms with Crippen molar-refractivity contribution in [3.63, 3.8) is 0 Å². The Morgan fingerprint density at radius 1 is 1.40 bits per heavy atom. The van der Waals surface area contributed by atoms with Crippen LogP contribution in [0.2, 0.25) is 0 Å². The molecule has 140 valence electrons. The Morgan fingerprint density at radius 3 is 2.48 bits per heavy atom. The fourth-order valence-electron chi connectivity index (χ4n) is 2.00. The van der Waals surface area contributed by atoms with Crippen molar-refractivity contribution in [2.45, 2.75) is 31.9 Å². The molecular formula is C14H20N2O8S. The van der Waals surface area contributed by atoms with E-state index in [1.807, 2.05) is 0 Å². The fraction of sp³-hybridized carbons (Fsp3) is 0.500. The van der Waals surface area contributed by atoms with E-state index in [0.29, 0.717) is 4.31 Å². The van der Waals surface area contributed by atoms with Gasteiger partial charge in [0.2, 0.25) is 11.0 Å². The van der Waals surface area contributed by atoms with Crippen LogP contribution in [0.3, 0.4) is 0 Å². The molecule has 0 aliphatic rings. The highest BCUT2D eigenvalue weighted by Crippen LogP contribution is 2.24. The molecular weight excluding hydrogens is 356 g/mol. The number of hydrogen-bond donors (Lipinski definition) is 2. The van der Waals surface area contributed by atoms with Gasteiger partial charge >= 0.3 is 11.9 Å². The summed E-state index contributed by atoms with van der Waals surface area (Å²) in [4.78, 5) is 33.8. The zero-order valence-corrected chi connectivity index (χ0v) is 15.0. The zero-order chi connectivity index (χ0) is 19.4. The number of esters is 1. The summed E-state index contributed by atoms with van der Waals surface area (Å²) in [6.07, 6.45) is 0. The minimum atomic E-state index is -4.36. The summed E-state index contributed by atoms with van der Waals surface area (Å²) >= 11 is 0. The van der Waals surface area contributed by atoms with Crippen molar-refractivity contribution in [2.75, 3.05) is 20.2 Å². The van der Waals surface area contributed by atoms with E-state index in [-0.39, 0.29) is 30.3 Å². The molecule has 11 heteroatoms. The molecule has 0 bridgehead atoms. The molecule has 0 aliphatic heterocycles. The van der Waals surface area contributed by atoms with Crippen LogP contribution in [0.5, 0.6) is 0 Å². The maximum absolute atomic E-state index is 12.7. The van der Waals surface area contributed by atoms with Crippen LogP contribution < -0.4 is 5.32 Å². The fourth-order valence-corrected chi connectivity index (χ4v) is 3.56. The number of aryl methyl sites for hydroxylation is 1. The Morgan fingerprint density at radius 2 is 2.00 bits per heavy atom. The van der Waals surface area contributed by atoms with Gasteiger partial charge in [-0.2, -0.15) is 4.31 Å². The molecule has 1 unspecified atom stereocenters. The predicted molar refractivity (Wildman–Crippen MR) is 84.5 cm³/mol. The molecule has 1 heterocycles. The number of amides is 1. The second-order valence-electron chi connectivity index (χ2n) is 5.14. The largest absolute Gasteiger partial charge is 0.480 e. The summed E-state index contributed by atoms with van der Waals surface area (Å²) in [6.45, 7) is 3.44. The minimum absolute atomic E-state index is 0.0233. The summed E-state index contributed by atoms with van der Waals surface area (Å²) in [7, 11) is -3.23. The number of furan rings is 1. The summed E-state index contributed by atoms with van der Waals surface area (Å²) in [5.41, 5.74) is -0.0779. The number of ether oxygens (including phenoxy) is 1. The van der Waals surface area contributed by atoms with Gasteiger partial charge in [-0.1, -0.05) is 0 Å². The highest BCUT2D eigenvalue weighted by molar-refractivity contribution is 7.89. The molecule has 0 radical (unpaired) electrons. The van der Waals surface area contributed by atoms with Crippen molar-refractivity contribution in [1.29, 1.82) is 0 Å². The number of hydrogen-bond acceptors (Lipinski definition) is 7. The number of carbonyl (C=O) groups is 3. The van der Waals surface area contributed by atoms with E-state index in [9.17, 15) is 22.8 Å². The Hall–Kier alpha value is -2.40. The first-order chi connectivity index (χ1) is 11.5. The van der Waals surface area contributed by atoms with E-state index in [1.165, 1.54) is 20.8 Å². The number of carboxylic acids is 1. The van der Waals surface area contributed by atoms with Crippen LogP contribution in [0.4, 0.5) is 0 Å². The van der Waals surface area contributed by atoms with Gasteiger partial charge in [-0.3, -0.25) is 9.59 Å². The van der Waals surface area contributed by atoms with E-state index >= 15 is 0 Å². The molecule has 1 atom stereocenters. The molecule has 1 amide bonds. The van der Waals surface area contributed by atoms with Crippen molar-refractivity contribution >= 4 is 27.9 Å². The van der Waals surface area contributed by atoms with Gasteiger partial charge in [0.05, 0.1) is 7.11 Å². The molecule has 1 aromatic rings. The van der Waals surface area contributed by atoms with Gasteiger partial charge in [-0.05, 0) is 13.8 Å². The average Bonchev–Trinajstić information content (AvgIpc) is 2.92. The molecule has 0 saturated heterocycles. The molecule has 2 N–H and O–H groups in total. The standard InChI is InChI=1S/C14H20N2O8S/c1-8(13(18)19)16(6-5-15-10(3)17)25(21,22)12-7-11(9(2)24-12)14(20)23-4/h7-8H,5-6H2,1-4H3,(H,15,17)(H,18,19). The van der Waals surface area contributed by atoms with Gasteiger partial charge in [0.1, 0.15) is 17.4 Å². The number of sulfonamides is 1. The summed E-state index contributed by atoms with van der Waals surface area (Å²) in [6, 6.07) is -0.429. The van der Waals surface area contributed by atoms with Crippen molar-refractivity contribution in [3.05, 3.63) is 17.4 Å². The van der Waals surface area contributed by atoms with Crippen molar-refractivity contribution in [2.24, 2.45) is 0 Å². The van der Waals surface area contributed by atoms with Crippen LogP contribution in [-0.4, -0.2) is 61.9 Å². The second-order valence-corrected chi connectivity index (χ2v) is 6.96. The van der Waals surface area contributed by atoms with E-state index in [1.54, 1.807) is 0 Å². The van der Waals surface area contributed by atoms with Gasteiger partial charge in [-0.25, -0.2) is 13.2 Å². The van der Waals surface area contributed by atoms with Crippen molar-refractivity contribution in [3.8, 4) is 0 Å². The summed E-state index contributed by atoms with van der Waals surface area (Å²) in [5.74, 6) is -2.51. The van der Waals surface area contributed by atoms with Gasteiger partial charge in [0.25, 0.3) is 10.0 Å². The first-order valence-electron chi connectivity index (χ1n) is 7.20. The summed E-state index contributed by atoms with van der Waals surface area (Å²) in [5, 5.41) is 11.0. The highest BCUT2D eigenvalue weighted by Gasteiger charge is 2.36. The lowest BCUT2D eigenvalue weighted by molar-refractivity contribution is -0.140. The third-order valence-electron chi connectivity index (χ3n) is 3.36. The first-order valence-corrected chi connectivity index (χ1v) is 8.64. The maximum Gasteiger partial charge on any atom is 0.341 e. The van der Waals surface area contributed by atoms with E-state index in [2.05, 4.69) is 10.1 Å². The number of carboxylic acid groups (broad SMARTS) is 1. The smallest absolute Gasteiger partial charge is 0.341 e. The highest BCUT2D eigenvalue weighted by atomic mass is 32.2. The van der Waals surface area contributed by atoms with E-state index in [0.717, 1.165) is 13.2 Å². The molecule has 1 aromatic heterocycles. The van der Waals surface area contributed by atoms with Crippen LogP contribution in [0.1, 0.15) is 30.0 Å². The number of methoxy groups -OCH3 is 1. The molecule has 10 nitrogen and oxygen atoms in total. The molecule has 0 saturated carbocycles. The second kappa shape index (κ2) is 8.12. The Bertz CT molecular complexity index is 768. The lowest BCUT2D eigenvalue weighted by Gasteiger charge is -2.24. The quantitative estimate of drug-likeness (QED) is 0.602. The normalized spacial score (nSPS) is 12.7. The SMILES string of the molecule is COC(=O)c1cc(S(=O)(=O)N(CCNC(C)=O)C(C)C(=O)O)oc1C. The Labute approximate surface area is 144 Å². The predicted octanol–water partition coefficient (Wildman–Crippen LogP) is -0.0255. The van der Waals surface area contributed by atoms with Gasteiger partial charge < -0.3 is 19.6 Å². The van der Waals surface area contributed by atoms with Gasteiger partial charge in [0.15, 0.2) is 0 Å². The van der Waals surface area contributed by atoms with Crippen LogP contribution in [0, 0.1) is 6.92 Å². The zero-order valence-electron chi connectivity index (χ0n) is 14.2. The Kier molecular flexibility index (Phi) is 6.70.